The van der Waals surface area contributed by atoms with Crippen LogP contribution in [0.5, 0.6) is 0 Å². The van der Waals surface area contributed by atoms with Gasteiger partial charge in [0, 0.05) is 24.7 Å². The highest BCUT2D eigenvalue weighted by Gasteiger charge is 2.53. The minimum absolute atomic E-state index is 0.0258. The third-order valence-corrected chi connectivity index (χ3v) is 9.95. The van der Waals surface area contributed by atoms with Crippen molar-refractivity contribution in [1.29, 1.82) is 0 Å². The van der Waals surface area contributed by atoms with E-state index in [0.717, 1.165) is 25.7 Å². The Bertz CT molecular complexity index is 1220. The monoisotopic (exact) mass is 476 g/mol. The van der Waals surface area contributed by atoms with Crippen molar-refractivity contribution in [3.05, 3.63) is 77.9 Å². The van der Waals surface area contributed by atoms with Crippen LogP contribution in [-0.4, -0.2) is 31.8 Å². The normalized spacial score (nSPS) is 24.1. The molecule has 2 N–H and O–H groups in total. The van der Waals surface area contributed by atoms with Crippen molar-refractivity contribution in [2.75, 3.05) is 0 Å². The second kappa shape index (κ2) is 10.2. The van der Waals surface area contributed by atoms with E-state index in [1.807, 2.05) is 24.3 Å². The molecule has 3 aromatic carbocycles. The second-order valence-electron chi connectivity index (χ2n) is 10.0. The second-order valence-corrected chi connectivity index (χ2v) is 12.1. The molecule has 0 radical (unpaired) electrons. The number of nitrogens with one attached hydrogen (secondary N) is 2. The summed E-state index contributed by atoms with van der Waals surface area (Å²) in [5, 5.41) is 9.22. The van der Waals surface area contributed by atoms with Crippen molar-refractivity contribution in [1.82, 2.24) is 10.6 Å². The average Bonchev–Trinajstić information content (AvgIpc) is 3.48. The number of sulfone groups is 1. The molecule has 0 spiro atoms. The Hall–Kier alpha value is -2.21. The van der Waals surface area contributed by atoms with E-state index in [1.54, 1.807) is 0 Å². The largest absolute Gasteiger partial charge is 0.308 e. The molecule has 180 valence electrons. The topological polar surface area (TPSA) is 58.2 Å². The molecular formula is C29H36N2O2S. The summed E-state index contributed by atoms with van der Waals surface area (Å²) in [4.78, 5) is 0.460. The highest BCUT2D eigenvalue weighted by atomic mass is 32.2. The molecule has 4 atom stereocenters. The summed E-state index contributed by atoms with van der Waals surface area (Å²) in [6, 6.07) is 22.7. The van der Waals surface area contributed by atoms with Gasteiger partial charge in [0.25, 0.3) is 0 Å². The summed E-state index contributed by atoms with van der Waals surface area (Å²) < 4.78 is 27.5. The summed E-state index contributed by atoms with van der Waals surface area (Å²) in [7, 11) is -3.43. The zero-order chi connectivity index (χ0) is 23.5. The lowest BCUT2D eigenvalue weighted by Crippen LogP contribution is -2.50. The summed E-state index contributed by atoms with van der Waals surface area (Å²) in [5.41, 5.74) is 2.41. The van der Waals surface area contributed by atoms with Crippen LogP contribution in [0.1, 0.15) is 56.6 Å². The first kappa shape index (κ1) is 23.5. The van der Waals surface area contributed by atoms with E-state index in [9.17, 15) is 8.42 Å². The Labute approximate surface area is 204 Å². The standard InChI is InChI=1S/C29H36N2O2S/c1-2-3-4-5-8-21-12-15-25(16-13-21)34(32,33)29-27-18-17-26(31-27)28(29)30-20-22-11-14-23-9-6-7-10-24(23)19-22/h6-7,9-16,19,26-31H,2-5,8,17-18,20H2,1H3/t26-,27+,28-,29-/m1/s1. The number of hydrogen-bond acceptors (Lipinski definition) is 4. The molecule has 2 fully saturated rings. The van der Waals surface area contributed by atoms with E-state index in [2.05, 4.69) is 60.0 Å². The van der Waals surface area contributed by atoms with Gasteiger partial charge in [0.1, 0.15) is 0 Å². The number of fused-ring (bicyclic) bond motifs is 3. The summed E-state index contributed by atoms with van der Waals surface area (Å²) in [6.45, 7) is 2.89. The van der Waals surface area contributed by atoms with E-state index in [4.69, 9.17) is 0 Å². The van der Waals surface area contributed by atoms with Gasteiger partial charge in [0.2, 0.25) is 0 Å². The van der Waals surface area contributed by atoms with Crippen LogP contribution in [0.3, 0.4) is 0 Å². The summed E-state index contributed by atoms with van der Waals surface area (Å²) in [6.07, 6.45) is 7.87. The highest BCUT2D eigenvalue weighted by molar-refractivity contribution is 7.92. The van der Waals surface area contributed by atoms with Gasteiger partial charge < -0.3 is 10.6 Å². The Kier molecular flexibility index (Phi) is 7.05. The predicted octanol–water partition coefficient (Wildman–Crippen LogP) is 5.40. The van der Waals surface area contributed by atoms with Gasteiger partial charge in [-0.05, 0) is 65.8 Å². The lowest BCUT2D eigenvalue weighted by molar-refractivity contribution is 0.409. The number of benzene rings is 3. The van der Waals surface area contributed by atoms with Crippen molar-refractivity contribution in [2.45, 2.75) is 86.7 Å². The predicted molar refractivity (Wildman–Crippen MR) is 140 cm³/mol. The van der Waals surface area contributed by atoms with Gasteiger partial charge >= 0.3 is 0 Å². The molecule has 4 nitrogen and oxygen atoms in total. The maximum atomic E-state index is 13.8. The molecular weight excluding hydrogens is 440 g/mol. The average molecular weight is 477 g/mol. The smallest absolute Gasteiger partial charge is 0.184 e. The van der Waals surface area contributed by atoms with E-state index in [-0.39, 0.29) is 18.1 Å². The minimum atomic E-state index is -3.43. The molecule has 2 heterocycles. The van der Waals surface area contributed by atoms with Crippen LogP contribution < -0.4 is 10.6 Å². The Balaban J connectivity index is 1.30. The quantitative estimate of drug-likeness (QED) is 0.385. The molecule has 5 heteroatoms. The van der Waals surface area contributed by atoms with E-state index < -0.39 is 15.1 Å². The van der Waals surface area contributed by atoms with Crippen molar-refractivity contribution in [3.8, 4) is 0 Å². The number of unbranched alkanes of at least 4 members (excludes halogenated alkanes) is 3. The summed E-state index contributed by atoms with van der Waals surface area (Å²) >= 11 is 0. The fourth-order valence-corrected chi connectivity index (χ4v) is 7.98. The van der Waals surface area contributed by atoms with Gasteiger partial charge in [0.15, 0.2) is 9.84 Å². The lowest BCUT2D eigenvalue weighted by atomic mass is 9.94. The molecule has 0 aliphatic carbocycles. The molecule has 3 aromatic rings. The van der Waals surface area contributed by atoms with E-state index in [1.165, 1.54) is 41.2 Å². The maximum Gasteiger partial charge on any atom is 0.184 e. The minimum Gasteiger partial charge on any atom is -0.308 e. The van der Waals surface area contributed by atoms with Crippen molar-refractivity contribution < 1.29 is 8.42 Å². The molecule has 2 bridgehead atoms. The molecule has 0 aromatic heterocycles. The number of rotatable bonds is 10. The zero-order valence-corrected chi connectivity index (χ0v) is 20.9. The lowest BCUT2D eigenvalue weighted by Gasteiger charge is -2.30. The van der Waals surface area contributed by atoms with Crippen molar-refractivity contribution in [3.63, 3.8) is 0 Å². The Morgan fingerprint density at radius 2 is 1.59 bits per heavy atom. The third kappa shape index (κ3) is 4.79. The molecule has 2 aliphatic rings. The van der Waals surface area contributed by atoms with E-state index in [0.29, 0.717) is 11.4 Å². The number of hydrogen-bond donors (Lipinski definition) is 2. The molecule has 2 saturated heterocycles. The molecule has 0 saturated carbocycles. The molecule has 2 aliphatic heterocycles. The van der Waals surface area contributed by atoms with Crippen LogP contribution in [0.25, 0.3) is 10.8 Å². The first-order valence-electron chi connectivity index (χ1n) is 12.9. The summed E-state index contributed by atoms with van der Waals surface area (Å²) in [5.74, 6) is 0. The molecule has 0 unspecified atom stereocenters. The van der Waals surface area contributed by atoms with Crippen LogP contribution in [0.15, 0.2) is 71.6 Å². The fourth-order valence-electron chi connectivity index (χ4n) is 5.83. The molecule has 5 rings (SSSR count). The third-order valence-electron chi connectivity index (χ3n) is 7.69. The Morgan fingerprint density at radius 1 is 0.853 bits per heavy atom. The molecule has 34 heavy (non-hydrogen) atoms. The first-order chi connectivity index (χ1) is 16.6. The van der Waals surface area contributed by atoms with Gasteiger partial charge in [-0.1, -0.05) is 74.7 Å². The fraction of sp³-hybridized carbons (Fsp3) is 0.448. The van der Waals surface area contributed by atoms with Crippen molar-refractivity contribution in [2.24, 2.45) is 0 Å². The highest BCUT2D eigenvalue weighted by Crippen LogP contribution is 2.36. The number of aryl methyl sites for hydroxylation is 1. The first-order valence-corrected chi connectivity index (χ1v) is 14.4. The van der Waals surface area contributed by atoms with Gasteiger partial charge in [-0.15, -0.1) is 0 Å². The van der Waals surface area contributed by atoms with Crippen LogP contribution in [-0.2, 0) is 22.8 Å². The van der Waals surface area contributed by atoms with Gasteiger partial charge in [-0.3, -0.25) is 0 Å². The van der Waals surface area contributed by atoms with Crippen LogP contribution in [0.2, 0.25) is 0 Å². The van der Waals surface area contributed by atoms with Crippen LogP contribution in [0.4, 0.5) is 0 Å². The maximum absolute atomic E-state index is 13.8. The van der Waals surface area contributed by atoms with Crippen molar-refractivity contribution >= 4 is 20.6 Å². The van der Waals surface area contributed by atoms with Gasteiger partial charge in [-0.2, -0.15) is 0 Å². The van der Waals surface area contributed by atoms with E-state index >= 15 is 0 Å². The van der Waals surface area contributed by atoms with Gasteiger partial charge in [0.05, 0.1) is 10.1 Å². The molecule has 0 amide bonds. The van der Waals surface area contributed by atoms with Crippen LogP contribution in [0, 0.1) is 0 Å². The SMILES string of the molecule is CCCCCCc1ccc(S(=O)(=O)[C@H]2[C@H](NCc3ccc4ccccc4c3)[C@H]3CC[C@@H]2N3)cc1. The Morgan fingerprint density at radius 3 is 2.38 bits per heavy atom. The zero-order valence-electron chi connectivity index (χ0n) is 20.0. The van der Waals surface area contributed by atoms with Crippen LogP contribution >= 0.6 is 0 Å². The van der Waals surface area contributed by atoms with Gasteiger partial charge in [-0.25, -0.2) is 8.42 Å².